The number of Topliss-reactive ketones (excluding diaryl/α,β-unsaturated/α-hetero) is 1. The number of hydrogen-bond acceptors (Lipinski definition) is 4. The van der Waals surface area contributed by atoms with Gasteiger partial charge in [0.05, 0.1) is 10.7 Å². The van der Waals surface area contributed by atoms with E-state index in [1.54, 1.807) is 0 Å². The third-order valence-electron chi connectivity index (χ3n) is 2.86. The lowest BCUT2D eigenvalue weighted by atomic mass is 9.77. The Bertz CT molecular complexity index is 353. The molecule has 20 heavy (non-hydrogen) atoms. The summed E-state index contributed by atoms with van der Waals surface area (Å²) in [5.41, 5.74) is 4.66. The highest BCUT2D eigenvalue weighted by Gasteiger charge is 2.34. The summed E-state index contributed by atoms with van der Waals surface area (Å²) in [5.74, 6) is -2.96. The van der Waals surface area contributed by atoms with Gasteiger partial charge < -0.3 is 15.9 Å². The van der Waals surface area contributed by atoms with Crippen LogP contribution in [0.3, 0.4) is 0 Å². The molecule has 0 atom stereocenters. The predicted molar refractivity (Wildman–Crippen MR) is 75.5 cm³/mol. The summed E-state index contributed by atoms with van der Waals surface area (Å²) in [6.45, 7) is 3.77. The third-order valence-corrected chi connectivity index (χ3v) is 3.49. The number of carbonyl (C=O) groups excluding carboxylic acids is 2. The molecule has 0 spiro atoms. The molecule has 0 rings (SSSR count). The molecule has 0 radical (unpaired) electrons. The minimum absolute atomic E-state index is 0.0301. The van der Waals surface area contributed by atoms with Crippen LogP contribution in [0.25, 0.3) is 0 Å². The molecule has 0 aliphatic heterocycles. The van der Waals surface area contributed by atoms with Gasteiger partial charge in [-0.3, -0.25) is 19.2 Å². The van der Waals surface area contributed by atoms with E-state index in [0.717, 1.165) is 0 Å². The second-order valence-electron chi connectivity index (χ2n) is 4.17. The Morgan fingerprint density at radius 1 is 1.05 bits per heavy atom. The number of carboxylic acids is 2. The standard InChI is InChI=1S/C9H16BrNO2.C3H4O4/c1-3-9(4-2,8(11)13)5-7(12)6-10;4-2(5)1-3(6)7/h3-6H2,1-2H3,(H2,11,13);1H2,(H,4,5)(H,6,7). The van der Waals surface area contributed by atoms with Crippen LogP contribution in [0.1, 0.15) is 39.5 Å². The van der Waals surface area contributed by atoms with Crippen LogP contribution in [0.2, 0.25) is 0 Å². The second kappa shape index (κ2) is 10.4. The Balaban J connectivity index is 0. The third kappa shape index (κ3) is 8.63. The Morgan fingerprint density at radius 2 is 1.45 bits per heavy atom. The van der Waals surface area contributed by atoms with E-state index in [1.165, 1.54) is 0 Å². The number of carboxylic acid groups (broad SMARTS) is 2. The first-order valence-electron chi connectivity index (χ1n) is 5.96. The highest BCUT2D eigenvalue weighted by molar-refractivity contribution is 9.09. The zero-order valence-corrected chi connectivity index (χ0v) is 13.1. The molecule has 0 saturated carbocycles. The molecule has 0 aromatic heterocycles. The summed E-state index contributed by atoms with van der Waals surface area (Å²) in [6, 6.07) is 0. The summed E-state index contributed by atoms with van der Waals surface area (Å²) in [5, 5.41) is 15.7. The number of primary amides is 1. The molecular weight excluding hydrogens is 334 g/mol. The van der Waals surface area contributed by atoms with Gasteiger partial charge in [-0.1, -0.05) is 29.8 Å². The van der Waals surface area contributed by atoms with E-state index in [4.69, 9.17) is 15.9 Å². The van der Waals surface area contributed by atoms with Crippen molar-refractivity contribution < 1.29 is 29.4 Å². The van der Waals surface area contributed by atoms with Crippen molar-refractivity contribution in [1.82, 2.24) is 0 Å². The van der Waals surface area contributed by atoms with Crippen molar-refractivity contribution in [3.05, 3.63) is 0 Å². The molecule has 4 N–H and O–H groups in total. The Hall–Kier alpha value is -1.44. The maximum atomic E-state index is 11.2. The molecule has 7 nitrogen and oxygen atoms in total. The quantitative estimate of drug-likeness (QED) is 0.442. The molecule has 1 amide bonds. The number of alkyl halides is 1. The number of carbonyl (C=O) groups is 4. The first kappa shape index (κ1) is 20.9. The normalized spacial score (nSPS) is 10.2. The van der Waals surface area contributed by atoms with Crippen molar-refractivity contribution in [1.29, 1.82) is 0 Å². The van der Waals surface area contributed by atoms with E-state index in [9.17, 15) is 19.2 Å². The van der Waals surface area contributed by atoms with Gasteiger partial charge in [-0.2, -0.15) is 0 Å². The average Bonchev–Trinajstić information content (AvgIpc) is 2.34. The lowest BCUT2D eigenvalue weighted by Gasteiger charge is -2.26. The molecule has 0 aromatic carbocycles. The van der Waals surface area contributed by atoms with E-state index < -0.39 is 23.8 Å². The minimum Gasteiger partial charge on any atom is -0.481 e. The summed E-state index contributed by atoms with van der Waals surface area (Å²) in [7, 11) is 0. The van der Waals surface area contributed by atoms with Crippen LogP contribution in [-0.2, 0) is 19.2 Å². The number of ketones is 1. The first-order valence-corrected chi connectivity index (χ1v) is 7.08. The maximum Gasteiger partial charge on any atom is 0.314 e. The Morgan fingerprint density at radius 3 is 1.60 bits per heavy atom. The van der Waals surface area contributed by atoms with Gasteiger partial charge in [-0.15, -0.1) is 0 Å². The molecule has 0 bridgehead atoms. The molecule has 116 valence electrons. The van der Waals surface area contributed by atoms with Gasteiger partial charge in [-0.05, 0) is 12.8 Å². The van der Waals surface area contributed by atoms with Gasteiger partial charge in [0.1, 0.15) is 12.2 Å². The number of aliphatic carboxylic acids is 2. The van der Waals surface area contributed by atoms with Crippen LogP contribution < -0.4 is 5.73 Å². The SMILES string of the molecule is CCC(CC)(CC(=O)CBr)C(N)=O.O=C(O)CC(=O)O. The van der Waals surface area contributed by atoms with Crippen molar-refractivity contribution in [2.75, 3.05) is 5.33 Å². The molecule has 0 fully saturated rings. The average molecular weight is 354 g/mol. The van der Waals surface area contributed by atoms with E-state index in [-0.39, 0.29) is 18.1 Å². The molecule has 0 aliphatic carbocycles. The van der Waals surface area contributed by atoms with Gasteiger partial charge in [0, 0.05) is 6.42 Å². The summed E-state index contributed by atoms with van der Waals surface area (Å²) in [6.07, 6.45) is 0.690. The van der Waals surface area contributed by atoms with Crippen molar-refractivity contribution in [2.24, 2.45) is 11.1 Å². The zero-order valence-electron chi connectivity index (χ0n) is 11.5. The summed E-state index contributed by atoms with van der Waals surface area (Å²) >= 11 is 3.07. The van der Waals surface area contributed by atoms with Crippen LogP contribution in [-0.4, -0.2) is 39.2 Å². The van der Waals surface area contributed by atoms with E-state index in [2.05, 4.69) is 15.9 Å². The number of nitrogens with two attached hydrogens (primary N) is 1. The smallest absolute Gasteiger partial charge is 0.314 e. The highest BCUT2D eigenvalue weighted by Crippen LogP contribution is 2.30. The fourth-order valence-corrected chi connectivity index (χ4v) is 1.69. The van der Waals surface area contributed by atoms with Crippen molar-refractivity contribution >= 4 is 39.6 Å². The van der Waals surface area contributed by atoms with E-state index in [1.807, 2.05) is 13.8 Å². The number of halogens is 1. The number of amides is 1. The Labute approximate surface area is 125 Å². The summed E-state index contributed by atoms with van der Waals surface area (Å²) < 4.78 is 0. The first-order chi connectivity index (χ1) is 9.15. The van der Waals surface area contributed by atoms with Gasteiger partial charge in [0.15, 0.2) is 0 Å². The molecular formula is C12H20BrNO6. The van der Waals surface area contributed by atoms with Crippen LogP contribution in [0.4, 0.5) is 0 Å². The van der Waals surface area contributed by atoms with Crippen molar-refractivity contribution in [3.63, 3.8) is 0 Å². The monoisotopic (exact) mass is 353 g/mol. The fourth-order valence-electron chi connectivity index (χ4n) is 1.49. The summed E-state index contributed by atoms with van der Waals surface area (Å²) in [4.78, 5) is 41.2. The lowest BCUT2D eigenvalue weighted by molar-refractivity contribution is -0.147. The maximum absolute atomic E-state index is 11.2. The van der Waals surface area contributed by atoms with Crippen molar-refractivity contribution in [3.8, 4) is 0 Å². The van der Waals surface area contributed by atoms with Crippen LogP contribution in [0.5, 0.6) is 0 Å². The lowest BCUT2D eigenvalue weighted by Crippen LogP contribution is -2.38. The van der Waals surface area contributed by atoms with Gasteiger partial charge in [-0.25, -0.2) is 0 Å². The molecule has 0 saturated heterocycles. The van der Waals surface area contributed by atoms with Crippen molar-refractivity contribution in [2.45, 2.75) is 39.5 Å². The van der Waals surface area contributed by atoms with E-state index >= 15 is 0 Å². The second-order valence-corrected chi connectivity index (χ2v) is 4.73. The number of rotatable bonds is 8. The molecule has 0 aliphatic rings. The van der Waals surface area contributed by atoms with Gasteiger partial charge >= 0.3 is 11.9 Å². The molecule has 0 heterocycles. The van der Waals surface area contributed by atoms with Crippen LogP contribution in [0, 0.1) is 5.41 Å². The van der Waals surface area contributed by atoms with E-state index in [0.29, 0.717) is 18.2 Å². The van der Waals surface area contributed by atoms with Crippen LogP contribution in [0.15, 0.2) is 0 Å². The number of hydrogen-bond donors (Lipinski definition) is 3. The fraction of sp³-hybridized carbons (Fsp3) is 0.667. The topological polar surface area (TPSA) is 135 Å². The largest absolute Gasteiger partial charge is 0.481 e. The molecule has 0 aromatic rings. The minimum atomic E-state index is -1.31. The zero-order chi connectivity index (χ0) is 16.3. The Kier molecular flexibility index (Phi) is 10.8. The van der Waals surface area contributed by atoms with Gasteiger partial charge in [0.2, 0.25) is 5.91 Å². The highest BCUT2D eigenvalue weighted by atomic mass is 79.9. The molecule has 0 unspecified atom stereocenters. The predicted octanol–water partition coefficient (Wildman–Crippen LogP) is 1.18. The van der Waals surface area contributed by atoms with Gasteiger partial charge in [0.25, 0.3) is 0 Å². The van der Waals surface area contributed by atoms with Crippen LogP contribution >= 0.6 is 15.9 Å². The molecule has 8 heteroatoms.